The molecule has 106 valence electrons. The topological polar surface area (TPSA) is 59.5 Å². The molecule has 20 heavy (non-hydrogen) atoms. The molecule has 5 nitrogen and oxygen atoms in total. The van der Waals surface area contributed by atoms with Crippen LogP contribution in [0.15, 0.2) is 18.3 Å². The van der Waals surface area contributed by atoms with Crippen LogP contribution in [0.4, 0.5) is 5.95 Å². The lowest BCUT2D eigenvalue weighted by molar-refractivity contribution is 0.271. The standard InChI is InChI=1S/C15H21N5/c1-10-2-5-14-17-15(18-20(14)7-10)19-8-11-3-4-13(16)6-12(11)9-19/h2,5,7,11-13H,3-4,6,8-9,16H2,1H3/t11-,12+,13?/m1/s1. The van der Waals surface area contributed by atoms with Crippen LogP contribution in [0, 0.1) is 18.8 Å². The van der Waals surface area contributed by atoms with E-state index in [1.165, 1.54) is 18.4 Å². The maximum atomic E-state index is 6.10. The Morgan fingerprint density at radius 2 is 2.05 bits per heavy atom. The molecule has 3 atom stereocenters. The van der Waals surface area contributed by atoms with E-state index in [0.717, 1.165) is 42.9 Å². The number of pyridine rings is 1. The van der Waals surface area contributed by atoms with Gasteiger partial charge in [-0.05, 0) is 49.7 Å². The largest absolute Gasteiger partial charge is 0.339 e. The number of nitrogens with zero attached hydrogens (tertiary/aromatic N) is 4. The quantitative estimate of drug-likeness (QED) is 0.856. The first-order valence-electron chi connectivity index (χ1n) is 7.52. The summed E-state index contributed by atoms with van der Waals surface area (Å²) in [6.07, 6.45) is 5.63. The Morgan fingerprint density at radius 3 is 2.95 bits per heavy atom. The average molecular weight is 271 g/mol. The molecule has 2 aromatic rings. The highest BCUT2D eigenvalue weighted by atomic mass is 15.4. The van der Waals surface area contributed by atoms with Gasteiger partial charge in [0.1, 0.15) is 0 Å². The van der Waals surface area contributed by atoms with Crippen molar-refractivity contribution in [2.45, 2.75) is 32.2 Å². The fraction of sp³-hybridized carbons (Fsp3) is 0.600. The number of aromatic nitrogens is 3. The lowest BCUT2D eigenvalue weighted by Gasteiger charge is -2.27. The van der Waals surface area contributed by atoms with Crippen molar-refractivity contribution in [1.29, 1.82) is 0 Å². The van der Waals surface area contributed by atoms with Gasteiger partial charge in [-0.15, -0.1) is 5.10 Å². The second kappa shape index (κ2) is 4.45. The van der Waals surface area contributed by atoms with E-state index in [4.69, 9.17) is 5.73 Å². The van der Waals surface area contributed by atoms with Crippen molar-refractivity contribution >= 4 is 11.6 Å². The predicted octanol–water partition coefficient (Wildman–Crippen LogP) is 1.60. The van der Waals surface area contributed by atoms with Gasteiger partial charge in [-0.1, -0.05) is 6.07 Å². The fourth-order valence-electron chi connectivity index (χ4n) is 3.74. The molecule has 2 aromatic heterocycles. The van der Waals surface area contributed by atoms with Gasteiger partial charge in [0, 0.05) is 25.3 Å². The first kappa shape index (κ1) is 12.1. The number of anilines is 1. The molecular weight excluding hydrogens is 250 g/mol. The summed E-state index contributed by atoms with van der Waals surface area (Å²) in [5.74, 6) is 2.38. The van der Waals surface area contributed by atoms with E-state index in [-0.39, 0.29) is 0 Å². The van der Waals surface area contributed by atoms with Gasteiger partial charge in [-0.25, -0.2) is 4.52 Å². The average Bonchev–Trinajstić information content (AvgIpc) is 3.00. The van der Waals surface area contributed by atoms with Crippen molar-refractivity contribution in [2.24, 2.45) is 17.6 Å². The number of nitrogens with two attached hydrogens (primary N) is 1. The van der Waals surface area contributed by atoms with Crippen LogP contribution >= 0.6 is 0 Å². The molecule has 2 fully saturated rings. The van der Waals surface area contributed by atoms with Crippen LogP contribution in [0.2, 0.25) is 0 Å². The summed E-state index contributed by atoms with van der Waals surface area (Å²) >= 11 is 0. The van der Waals surface area contributed by atoms with Crippen LogP contribution in [-0.4, -0.2) is 33.7 Å². The Kier molecular flexibility index (Phi) is 2.70. The van der Waals surface area contributed by atoms with Crippen LogP contribution in [0.25, 0.3) is 5.65 Å². The highest BCUT2D eigenvalue weighted by Crippen LogP contribution is 2.36. The second-order valence-corrected chi connectivity index (χ2v) is 6.42. The number of fused-ring (bicyclic) bond motifs is 2. The van der Waals surface area contributed by atoms with Gasteiger partial charge < -0.3 is 10.6 Å². The number of hydrogen-bond acceptors (Lipinski definition) is 4. The van der Waals surface area contributed by atoms with Gasteiger partial charge in [-0.3, -0.25) is 0 Å². The van der Waals surface area contributed by atoms with E-state index in [1.807, 2.05) is 16.8 Å². The van der Waals surface area contributed by atoms with Gasteiger partial charge >= 0.3 is 0 Å². The predicted molar refractivity (Wildman–Crippen MR) is 78.7 cm³/mol. The maximum Gasteiger partial charge on any atom is 0.245 e. The summed E-state index contributed by atoms with van der Waals surface area (Å²) in [5, 5.41) is 4.63. The van der Waals surface area contributed by atoms with E-state index in [0.29, 0.717) is 6.04 Å². The molecule has 1 saturated carbocycles. The van der Waals surface area contributed by atoms with Gasteiger partial charge in [-0.2, -0.15) is 4.98 Å². The first-order valence-corrected chi connectivity index (χ1v) is 7.52. The van der Waals surface area contributed by atoms with Crippen molar-refractivity contribution < 1.29 is 0 Å². The molecule has 0 radical (unpaired) electrons. The van der Waals surface area contributed by atoms with Crippen molar-refractivity contribution in [3.05, 3.63) is 23.9 Å². The van der Waals surface area contributed by atoms with Gasteiger partial charge in [0.15, 0.2) is 5.65 Å². The molecule has 2 aliphatic rings. The van der Waals surface area contributed by atoms with Crippen molar-refractivity contribution in [2.75, 3.05) is 18.0 Å². The Labute approximate surface area is 118 Å². The Bertz CT molecular complexity index is 634. The number of rotatable bonds is 1. The Hall–Kier alpha value is -1.62. The maximum absolute atomic E-state index is 6.10. The van der Waals surface area contributed by atoms with Crippen molar-refractivity contribution in [1.82, 2.24) is 14.6 Å². The minimum atomic E-state index is 0.396. The van der Waals surface area contributed by atoms with E-state index >= 15 is 0 Å². The van der Waals surface area contributed by atoms with E-state index in [9.17, 15) is 0 Å². The lowest BCUT2D eigenvalue weighted by atomic mass is 9.79. The minimum Gasteiger partial charge on any atom is -0.339 e. The van der Waals surface area contributed by atoms with E-state index in [2.05, 4.69) is 28.0 Å². The molecule has 0 amide bonds. The molecular formula is C15H21N5. The second-order valence-electron chi connectivity index (χ2n) is 6.42. The zero-order valence-corrected chi connectivity index (χ0v) is 11.9. The first-order chi connectivity index (χ1) is 9.69. The van der Waals surface area contributed by atoms with Crippen LogP contribution < -0.4 is 10.6 Å². The summed E-state index contributed by atoms with van der Waals surface area (Å²) < 4.78 is 1.89. The molecule has 1 saturated heterocycles. The Balaban J connectivity index is 1.60. The number of hydrogen-bond donors (Lipinski definition) is 1. The van der Waals surface area contributed by atoms with Crippen molar-refractivity contribution in [3.8, 4) is 0 Å². The van der Waals surface area contributed by atoms with Crippen LogP contribution in [0.3, 0.4) is 0 Å². The monoisotopic (exact) mass is 271 g/mol. The summed E-state index contributed by atoms with van der Waals surface area (Å²) in [6, 6.07) is 4.51. The highest BCUT2D eigenvalue weighted by molar-refractivity contribution is 5.46. The smallest absolute Gasteiger partial charge is 0.245 e. The third-order valence-corrected chi connectivity index (χ3v) is 4.84. The molecule has 4 rings (SSSR count). The molecule has 2 N–H and O–H groups in total. The zero-order valence-electron chi connectivity index (χ0n) is 11.9. The van der Waals surface area contributed by atoms with Crippen LogP contribution in [0.1, 0.15) is 24.8 Å². The molecule has 0 aromatic carbocycles. The molecule has 0 spiro atoms. The molecule has 1 unspecified atom stereocenters. The molecule has 1 aliphatic carbocycles. The summed E-state index contributed by atoms with van der Waals surface area (Å²) in [7, 11) is 0. The fourth-order valence-corrected chi connectivity index (χ4v) is 3.74. The molecule has 5 heteroatoms. The van der Waals surface area contributed by atoms with Crippen molar-refractivity contribution in [3.63, 3.8) is 0 Å². The lowest BCUT2D eigenvalue weighted by Crippen LogP contribution is -2.32. The highest BCUT2D eigenvalue weighted by Gasteiger charge is 2.37. The summed E-state index contributed by atoms with van der Waals surface area (Å²) in [4.78, 5) is 7.00. The number of aryl methyl sites for hydroxylation is 1. The summed E-state index contributed by atoms with van der Waals surface area (Å²) in [5.41, 5.74) is 8.23. The van der Waals surface area contributed by atoms with Gasteiger partial charge in [0.2, 0.25) is 5.95 Å². The normalized spacial score (nSPS) is 29.9. The SMILES string of the molecule is Cc1ccc2nc(N3C[C@H]4CCC(N)C[C@H]4C3)nn2c1. The van der Waals surface area contributed by atoms with Crippen LogP contribution in [-0.2, 0) is 0 Å². The third-order valence-electron chi connectivity index (χ3n) is 4.84. The van der Waals surface area contributed by atoms with Gasteiger partial charge in [0.05, 0.1) is 0 Å². The Morgan fingerprint density at radius 1 is 1.20 bits per heavy atom. The molecule has 3 heterocycles. The summed E-state index contributed by atoms with van der Waals surface area (Å²) in [6.45, 7) is 4.23. The molecule has 1 aliphatic heterocycles. The molecule has 0 bridgehead atoms. The zero-order chi connectivity index (χ0) is 13.7. The van der Waals surface area contributed by atoms with Gasteiger partial charge in [0.25, 0.3) is 0 Å². The van der Waals surface area contributed by atoms with E-state index in [1.54, 1.807) is 0 Å². The minimum absolute atomic E-state index is 0.396. The van der Waals surface area contributed by atoms with E-state index < -0.39 is 0 Å². The van der Waals surface area contributed by atoms with Crippen LogP contribution in [0.5, 0.6) is 0 Å². The third kappa shape index (κ3) is 1.97.